The Morgan fingerprint density at radius 3 is 2.89 bits per heavy atom. The van der Waals surface area contributed by atoms with Crippen LogP contribution in [0.5, 0.6) is 5.75 Å². The largest absolute Gasteiger partial charge is 0.496 e. The van der Waals surface area contributed by atoms with E-state index in [2.05, 4.69) is 21.2 Å². The van der Waals surface area contributed by atoms with Crippen molar-refractivity contribution in [1.29, 1.82) is 0 Å². The molecule has 1 aromatic rings. The molecule has 0 aromatic heterocycles. The first-order valence-electron chi connectivity index (χ1n) is 6.78. The number of benzene rings is 1. The first-order chi connectivity index (χ1) is 9.03. The van der Waals surface area contributed by atoms with Crippen LogP contribution in [0.15, 0.2) is 22.7 Å². The van der Waals surface area contributed by atoms with Gasteiger partial charge in [0.2, 0.25) is 0 Å². The van der Waals surface area contributed by atoms with Gasteiger partial charge < -0.3 is 15.2 Å². The minimum Gasteiger partial charge on any atom is -0.496 e. The van der Waals surface area contributed by atoms with Crippen molar-refractivity contribution in [2.75, 3.05) is 20.2 Å². The van der Waals surface area contributed by atoms with Gasteiger partial charge in [-0.2, -0.15) is 0 Å². The molecule has 2 atom stereocenters. The number of aliphatic hydroxyl groups is 1. The molecule has 1 fully saturated rings. The minimum atomic E-state index is -0.665. The van der Waals surface area contributed by atoms with Crippen molar-refractivity contribution in [3.05, 3.63) is 28.2 Å². The molecule has 0 saturated carbocycles. The fourth-order valence-corrected chi connectivity index (χ4v) is 3.35. The molecule has 0 spiro atoms. The quantitative estimate of drug-likeness (QED) is 0.893. The van der Waals surface area contributed by atoms with Crippen molar-refractivity contribution >= 4 is 15.9 Å². The molecule has 19 heavy (non-hydrogen) atoms. The van der Waals surface area contributed by atoms with Gasteiger partial charge in [-0.05, 0) is 59.9 Å². The monoisotopic (exact) mass is 327 g/mol. The molecule has 106 valence electrons. The Morgan fingerprint density at radius 1 is 1.53 bits per heavy atom. The topological polar surface area (TPSA) is 41.5 Å². The average molecular weight is 328 g/mol. The zero-order valence-corrected chi connectivity index (χ0v) is 13.2. The normalized spacial score (nSPS) is 22.8. The number of hydrogen-bond acceptors (Lipinski definition) is 3. The fourth-order valence-electron chi connectivity index (χ4n) is 2.76. The Bertz CT molecular complexity index is 428. The molecular weight excluding hydrogens is 306 g/mol. The lowest BCUT2D eigenvalue weighted by Crippen LogP contribution is -2.45. The van der Waals surface area contributed by atoms with Crippen molar-refractivity contribution in [1.82, 2.24) is 5.32 Å². The van der Waals surface area contributed by atoms with Gasteiger partial charge in [-0.3, -0.25) is 0 Å². The van der Waals surface area contributed by atoms with Crippen molar-refractivity contribution in [3.8, 4) is 5.75 Å². The summed E-state index contributed by atoms with van der Waals surface area (Å²) in [5, 5.41) is 14.1. The molecule has 1 aromatic carbocycles. The Morgan fingerprint density at radius 2 is 2.32 bits per heavy atom. The van der Waals surface area contributed by atoms with E-state index < -0.39 is 5.60 Å². The van der Waals surface area contributed by atoms with E-state index >= 15 is 0 Å². The lowest BCUT2D eigenvalue weighted by Gasteiger charge is -2.36. The number of halogens is 1. The van der Waals surface area contributed by atoms with Crippen LogP contribution in [0.25, 0.3) is 0 Å². The predicted octanol–water partition coefficient (Wildman–Crippen LogP) is 2.75. The molecule has 1 heterocycles. The predicted molar refractivity (Wildman–Crippen MR) is 80.6 cm³/mol. The van der Waals surface area contributed by atoms with Crippen LogP contribution < -0.4 is 10.1 Å². The number of methoxy groups -OCH3 is 1. The van der Waals surface area contributed by atoms with Crippen LogP contribution in [0.1, 0.15) is 25.3 Å². The second kappa shape index (κ2) is 6.25. The number of piperidine rings is 1. The Labute approximate surface area is 123 Å². The average Bonchev–Trinajstić information content (AvgIpc) is 2.39. The van der Waals surface area contributed by atoms with Gasteiger partial charge in [0.1, 0.15) is 5.75 Å². The third-order valence-electron chi connectivity index (χ3n) is 3.95. The van der Waals surface area contributed by atoms with Gasteiger partial charge in [0.15, 0.2) is 0 Å². The van der Waals surface area contributed by atoms with Crippen molar-refractivity contribution in [2.45, 2.75) is 31.8 Å². The molecule has 2 rings (SSSR count). The summed E-state index contributed by atoms with van der Waals surface area (Å²) < 4.78 is 6.16. The summed E-state index contributed by atoms with van der Waals surface area (Å²) in [5.74, 6) is 1.14. The second-order valence-corrected chi connectivity index (χ2v) is 6.40. The summed E-state index contributed by atoms with van der Waals surface area (Å²) in [4.78, 5) is 0. The van der Waals surface area contributed by atoms with E-state index in [1.807, 2.05) is 25.1 Å². The van der Waals surface area contributed by atoms with Crippen LogP contribution in [-0.2, 0) is 6.42 Å². The van der Waals surface area contributed by atoms with Crippen molar-refractivity contribution in [3.63, 3.8) is 0 Å². The molecule has 0 amide bonds. The van der Waals surface area contributed by atoms with E-state index in [4.69, 9.17) is 4.74 Å². The molecule has 1 saturated heterocycles. The molecule has 0 aliphatic carbocycles. The molecule has 4 heteroatoms. The maximum Gasteiger partial charge on any atom is 0.133 e. The molecule has 0 radical (unpaired) electrons. The van der Waals surface area contributed by atoms with Crippen LogP contribution >= 0.6 is 15.9 Å². The highest BCUT2D eigenvalue weighted by Gasteiger charge is 2.32. The maximum absolute atomic E-state index is 10.7. The number of ether oxygens (including phenoxy) is 1. The lowest BCUT2D eigenvalue weighted by atomic mass is 9.79. The molecule has 3 nitrogen and oxygen atoms in total. The zero-order valence-electron chi connectivity index (χ0n) is 11.6. The SMILES string of the molecule is COc1ccc(CC(C)(O)C2CCCNC2)cc1Br. The van der Waals surface area contributed by atoms with Crippen LogP contribution in [0.2, 0.25) is 0 Å². The van der Waals surface area contributed by atoms with E-state index in [0.29, 0.717) is 12.3 Å². The van der Waals surface area contributed by atoms with E-state index in [0.717, 1.165) is 41.7 Å². The standard InChI is InChI=1S/C15H22BrNO2/c1-15(18,12-4-3-7-17-10-12)9-11-5-6-14(19-2)13(16)8-11/h5-6,8,12,17-18H,3-4,7,9-10H2,1-2H3. The van der Waals surface area contributed by atoms with Crippen LogP contribution in [0.3, 0.4) is 0 Å². The third kappa shape index (κ3) is 3.71. The van der Waals surface area contributed by atoms with E-state index in [9.17, 15) is 5.11 Å². The second-order valence-electron chi connectivity index (χ2n) is 5.55. The van der Waals surface area contributed by atoms with Crippen LogP contribution in [0.4, 0.5) is 0 Å². The summed E-state index contributed by atoms with van der Waals surface area (Å²) in [6.45, 7) is 3.92. The molecule has 1 aliphatic rings. The number of hydrogen-bond donors (Lipinski definition) is 2. The van der Waals surface area contributed by atoms with Crippen LogP contribution in [0, 0.1) is 5.92 Å². The molecular formula is C15H22BrNO2. The highest BCUT2D eigenvalue weighted by atomic mass is 79.9. The summed E-state index contributed by atoms with van der Waals surface area (Å²) in [6, 6.07) is 5.99. The molecule has 2 unspecified atom stereocenters. The van der Waals surface area contributed by atoms with Gasteiger partial charge in [0, 0.05) is 18.9 Å². The molecule has 0 bridgehead atoms. The van der Waals surface area contributed by atoms with Gasteiger partial charge >= 0.3 is 0 Å². The zero-order chi connectivity index (χ0) is 13.9. The van der Waals surface area contributed by atoms with Crippen molar-refractivity contribution < 1.29 is 9.84 Å². The van der Waals surface area contributed by atoms with Crippen molar-refractivity contribution in [2.24, 2.45) is 5.92 Å². The van der Waals surface area contributed by atoms with Gasteiger partial charge in [-0.25, -0.2) is 0 Å². The Kier molecular flexibility index (Phi) is 4.87. The summed E-state index contributed by atoms with van der Waals surface area (Å²) in [6.07, 6.45) is 2.91. The molecule has 2 N–H and O–H groups in total. The van der Waals surface area contributed by atoms with Gasteiger partial charge in [0.05, 0.1) is 17.2 Å². The van der Waals surface area contributed by atoms with Crippen LogP contribution in [-0.4, -0.2) is 30.9 Å². The van der Waals surface area contributed by atoms with Gasteiger partial charge in [-0.15, -0.1) is 0 Å². The smallest absolute Gasteiger partial charge is 0.133 e. The first-order valence-corrected chi connectivity index (χ1v) is 7.58. The number of nitrogens with one attached hydrogen (secondary N) is 1. The van der Waals surface area contributed by atoms with E-state index in [1.165, 1.54) is 0 Å². The fraction of sp³-hybridized carbons (Fsp3) is 0.600. The maximum atomic E-state index is 10.7. The van der Waals surface area contributed by atoms with Gasteiger partial charge in [0.25, 0.3) is 0 Å². The molecule has 1 aliphatic heterocycles. The highest BCUT2D eigenvalue weighted by molar-refractivity contribution is 9.10. The number of rotatable bonds is 4. The summed E-state index contributed by atoms with van der Waals surface area (Å²) in [7, 11) is 1.66. The Hall–Kier alpha value is -0.580. The van der Waals surface area contributed by atoms with E-state index in [-0.39, 0.29) is 0 Å². The first kappa shape index (κ1) is 14.8. The van der Waals surface area contributed by atoms with E-state index in [1.54, 1.807) is 7.11 Å². The summed E-state index contributed by atoms with van der Waals surface area (Å²) in [5.41, 5.74) is 0.463. The minimum absolute atomic E-state index is 0.321. The Balaban J connectivity index is 2.08. The third-order valence-corrected chi connectivity index (χ3v) is 4.57. The van der Waals surface area contributed by atoms with Gasteiger partial charge in [-0.1, -0.05) is 6.07 Å². The summed E-state index contributed by atoms with van der Waals surface area (Å²) >= 11 is 3.49. The highest BCUT2D eigenvalue weighted by Crippen LogP contribution is 2.31. The lowest BCUT2D eigenvalue weighted by molar-refractivity contribution is -0.0102.